The van der Waals surface area contributed by atoms with Gasteiger partial charge in [0, 0.05) is 42.7 Å². The number of nitrogen functional groups attached to an aromatic ring is 1. The van der Waals surface area contributed by atoms with Crippen molar-refractivity contribution < 1.29 is 0 Å². The monoisotopic (exact) mass is 458 g/mol. The summed E-state index contributed by atoms with van der Waals surface area (Å²) in [5.41, 5.74) is 10.2. The number of piperidine rings is 1. The average molecular weight is 459 g/mol. The molecule has 2 aromatic heterocycles. The number of imidazole rings is 1. The Bertz CT molecular complexity index is 1130. The maximum atomic E-state index is 6.56. The van der Waals surface area contributed by atoms with Gasteiger partial charge in [0.05, 0.1) is 21.4 Å². The summed E-state index contributed by atoms with van der Waals surface area (Å²) in [6.07, 6.45) is 10.1. The predicted octanol–water partition coefficient (Wildman–Crippen LogP) is 4.95. The minimum Gasteiger partial charge on any atom is -0.397 e. The number of nitrogens with one attached hydrogen (secondary N) is 1. The SMILES string of the molecule is CN[C@@H]1CCCC12CCN(c1nc(C)c(-c3ccc(N)c(Cl)c3Cl)c3nccn13)CC2. The number of halogens is 2. The molecule has 0 amide bonds. The minimum absolute atomic E-state index is 0.365. The molecule has 2 aliphatic rings. The molecular weight excluding hydrogens is 431 g/mol. The first-order chi connectivity index (χ1) is 14.9. The van der Waals surface area contributed by atoms with Crippen LogP contribution in [-0.4, -0.2) is 40.5 Å². The highest BCUT2D eigenvalue weighted by atomic mass is 35.5. The molecule has 1 aliphatic heterocycles. The third-order valence-corrected chi connectivity index (χ3v) is 8.28. The highest BCUT2D eigenvalue weighted by Crippen LogP contribution is 2.47. The third-order valence-electron chi connectivity index (χ3n) is 7.39. The highest BCUT2D eigenvalue weighted by molar-refractivity contribution is 6.45. The van der Waals surface area contributed by atoms with E-state index in [9.17, 15) is 0 Å². The predicted molar refractivity (Wildman–Crippen MR) is 128 cm³/mol. The van der Waals surface area contributed by atoms with Crippen molar-refractivity contribution in [1.29, 1.82) is 0 Å². The zero-order chi connectivity index (χ0) is 21.8. The van der Waals surface area contributed by atoms with Crippen molar-refractivity contribution in [3.8, 4) is 11.1 Å². The van der Waals surface area contributed by atoms with Crippen LogP contribution in [0.5, 0.6) is 0 Å². The minimum atomic E-state index is 0.365. The van der Waals surface area contributed by atoms with Crippen LogP contribution in [0.25, 0.3) is 16.8 Å². The van der Waals surface area contributed by atoms with Crippen LogP contribution in [-0.2, 0) is 0 Å². The standard InChI is InChI=1S/C23H28Cl2N6/c1-14-18(15-5-6-16(26)20(25)19(15)24)21-28-10-13-31(21)22(29-14)30-11-8-23(9-12-30)7-3-4-17(23)27-2/h5-6,10,13,17,27H,3-4,7-9,11-12,26H2,1-2H3/t17-/m1/s1. The lowest BCUT2D eigenvalue weighted by molar-refractivity contribution is 0.177. The fraction of sp³-hybridized carbons (Fsp3) is 0.478. The number of hydrogen-bond donors (Lipinski definition) is 2. The summed E-state index contributed by atoms with van der Waals surface area (Å²) in [4.78, 5) is 12.1. The van der Waals surface area contributed by atoms with Crippen LogP contribution in [0.4, 0.5) is 11.6 Å². The number of nitrogens with zero attached hydrogens (tertiary/aromatic N) is 4. The molecule has 6 nitrogen and oxygen atoms in total. The Hall–Kier alpha value is -2.02. The van der Waals surface area contributed by atoms with Crippen molar-refractivity contribution >= 4 is 40.5 Å². The maximum Gasteiger partial charge on any atom is 0.211 e. The smallest absolute Gasteiger partial charge is 0.211 e. The van der Waals surface area contributed by atoms with Crippen molar-refractivity contribution in [2.45, 2.75) is 45.1 Å². The second-order valence-corrected chi connectivity index (χ2v) is 9.66. The summed E-state index contributed by atoms with van der Waals surface area (Å²) < 4.78 is 2.07. The van der Waals surface area contributed by atoms with Gasteiger partial charge < -0.3 is 16.0 Å². The molecule has 1 saturated carbocycles. The zero-order valence-corrected chi connectivity index (χ0v) is 19.5. The quantitative estimate of drug-likeness (QED) is 0.543. The van der Waals surface area contributed by atoms with Crippen LogP contribution < -0.4 is 16.0 Å². The van der Waals surface area contributed by atoms with Crippen LogP contribution in [0.2, 0.25) is 10.0 Å². The Morgan fingerprint density at radius 2 is 1.94 bits per heavy atom. The summed E-state index contributed by atoms with van der Waals surface area (Å²) in [5.74, 6) is 0.945. The molecule has 3 aromatic rings. The molecule has 0 radical (unpaired) electrons. The Labute approximate surface area is 192 Å². The lowest BCUT2D eigenvalue weighted by atomic mass is 9.74. The van der Waals surface area contributed by atoms with Crippen molar-refractivity contribution in [3.63, 3.8) is 0 Å². The van der Waals surface area contributed by atoms with E-state index in [1.54, 1.807) is 6.07 Å². The molecule has 8 heteroatoms. The van der Waals surface area contributed by atoms with E-state index in [2.05, 4.69) is 26.6 Å². The number of aryl methyl sites for hydroxylation is 1. The highest BCUT2D eigenvalue weighted by Gasteiger charge is 2.44. The van der Waals surface area contributed by atoms with E-state index in [1.807, 2.05) is 25.4 Å². The Morgan fingerprint density at radius 3 is 2.68 bits per heavy atom. The fourth-order valence-corrected chi connectivity index (χ4v) is 6.14. The molecule has 1 spiro atoms. The van der Waals surface area contributed by atoms with Crippen LogP contribution in [0.3, 0.4) is 0 Å². The largest absolute Gasteiger partial charge is 0.397 e. The number of fused-ring (bicyclic) bond motifs is 1. The maximum absolute atomic E-state index is 6.56. The second-order valence-electron chi connectivity index (χ2n) is 8.91. The van der Waals surface area contributed by atoms with Crippen LogP contribution in [0.1, 0.15) is 37.8 Å². The summed E-state index contributed by atoms with van der Waals surface area (Å²) in [6, 6.07) is 4.31. The number of anilines is 2. The van der Waals surface area contributed by atoms with Gasteiger partial charge in [0.1, 0.15) is 5.65 Å². The molecule has 1 saturated heterocycles. The van der Waals surface area contributed by atoms with Crippen molar-refractivity contribution in [3.05, 3.63) is 40.3 Å². The zero-order valence-electron chi connectivity index (χ0n) is 18.0. The van der Waals surface area contributed by atoms with Gasteiger partial charge in [-0.3, -0.25) is 4.40 Å². The molecule has 2 fully saturated rings. The Morgan fingerprint density at radius 1 is 1.16 bits per heavy atom. The fourth-order valence-electron chi connectivity index (χ4n) is 5.71. The van der Waals surface area contributed by atoms with Gasteiger partial charge in [0.15, 0.2) is 0 Å². The van der Waals surface area contributed by atoms with Gasteiger partial charge in [-0.15, -0.1) is 0 Å². The van der Waals surface area contributed by atoms with Gasteiger partial charge >= 0.3 is 0 Å². The molecule has 0 bridgehead atoms. The van der Waals surface area contributed by atoms with Crippen molar-refractivity contribution in [2.75, 3.05) is 30.8 Å². The number of hydrogen-bond acceptors (Lipinski definition) is 5. The van der Waals surface area contributed by atoms with E-state index in [0.29, 0.717) is 27.2 Å². The molecule has 0 unspecified atom stereocenters. The van der Waals surface area contributed by atoms with E-state index in [0.717, 1.165) is 41.5 Å². The number of aromatic nitrogens is 3. The number of benzene rings is 1. The Balaban J connectivity index is 1.53. The molecule has 1 aliphatic carbocycles. The van der Waals surface area contributed by atoms with E-state index < -0.39 is 0 Å². The summed E-state index contributed by atoms with van der Waals surface area (Å²) in [5, 5.41) is 4.37. The average Bonchev–Trinajstić information content (AvgIpc) is 3.40. The molecule has 5 rings (SSSR count). The van der Waals surface area contributed by atoms with Gasteiger partial charge in [-0.1, -0.05) is 35.7 Å². The van der Waals surface area contributed by atoms with Crippen LogP contribution in [0, 0.1) is 12.3 Å². The van der Waals surface area contributed by atoms with E-state index in [1.165, 1.54) is 32.1 Å². The molecule has 3 heterocycles. The van der Waals surface area contributed by atoms with Gasteiger partial charge in [-0.25, -0.2) is 9.97 Å². The van der Waals surface area contributed by atoms with Gasteiger partial charge in [-0.2, -0.15) is 0 Å². The topological polar surface area (TPSA) is 71.5 Å². The molecule has 164 valence electrons. The number of nitrogens with two attached hydrogens (primary N) is 1. The molecule has 1 aromatic carbocycles. The Kier molecular flexibility index (Phi) is 5.27. The van der Waals surface area contributed by atoms with Crippen molar-refractivity contribution in [1.82, 2.24) is 19.7 Å². The van der Waals surface area contributed by atoms with Gasteiger partial charge in [-0.05, 0) is 51.1 Å². The third kappa shape index (κ3) is 3.27. The van der Waals surface area contributed by atoms with Crippen LogP contribution >= 0.6 is 23.2 Å². The normalized spacial score (nSPS) is 20.8. The van der Waals surface area contributed by atoms with E-state index >= 15 is 0 Å². The first-order valence-corrected chi connectivity index (χ1v) is 11.7. The summed E-state index contributed by atoms with van der Waals surface area (Å²) >= 11 is 12.9. The molecule has 31 heavy (non-hydrogen) atoms. The van der Waals surface area contributed by atoms with Crippen LogP contribution in [0.15, 0.2) is 24.5 Å². The van der Waals surface area contributed by atoms with Gasteiger partial charge in [0.2, 0.25) is 5.95 Å². The van der Waals surface area contributed by atoms with Gasteiger partial charge in [0.25, 0.3) is 0 Å². The van der Waals surface area contributed by atoms with E-state index in [4.69, 9.17) is 33.9 Å². The first kappa shape index (κ1) is 20.9. The first-order valence-electron chi connectivity index (χ1n) is 10.9. The molecular formula is C23H28Cl2N6. The van der Waals surface area contributed by atoms with E-state index in [-0.39, 0.29) is 0 Å². The second kappa shape index (κ2) is 7.84. The molecule has 1 atom stereocenters. The molecule has 3 N–H and O–H groups in total. The number of rotatable bonds is 3. The lowest BCUT2D eigenvalue weighted by Crippen LogP contribution is -2.48. The summed E-state index contributed by atoms with van der Waals surface area (Å²) in [6.45, 7) is 4.02. The lowest BCUT2D eigenvalue weighted by Gasteiger charge is -2.43. The summed E-state index contributed by atoms with van der Waals surface area (Å²) in [7, 11) is 2.11. The van der Waals surface area contributed by atoms with Crippen molar-refractivity contribution in [2.24, 2.45) is 5.41 Å².